The Bertz CT molecular complexity index is 887. The molecule has 0 heterocycles. The number of ketones is 1. The molecule has 0 aliphatic carbocycles. The Hall–Kier alpha value is -4.01. The summed E-state index contributed by atoms with van der Waals surface area (Å²) in [6.45, 7) is 0. The van der Waals surface area contributed by atoms with Gasteiger partial charge in [0.05, 0.1) is 50.7 Å². The van der Waals surface area contributed by atoms with E-state index in [2.05, 4.69) is 18.9 Å². The van der Waals surface area contributed by atoms with Crippen LogP contribution in [0.2, 0.25) is 0 Å². The lowest BCUT2D eigenvalue weighted by Gasteiger charge is -2.10. The first-order valence-electron chi connectivity index (χ1n) is 8.43. The van der Waals surface area contributed by atoms with Gasteiger partial charge in [-0.2, -0.15) is 0 Å². The summed E-state index contributed by atoms with van der Waals surface area (Å²) in [7, 11) is 4.60. The summed E-state index contributed by atoms with van der Waals surface area (Å²) in [4.78, 5) is 60.9. The Kier molecular flexibility index (Phi) is 7.03. The van der Waals surface area contributed by atoms with Crippen molar-refractivity contribution >= 4 is 29.7 Å². The standard InChI is InChI=1S/C21H18O9/c1-27-18(23)13-5-11(6-14(9-13)19(24)28-2)17(22)12-7-15(20(25)29-3)10-16(8-12)21(26)30-4/h5-10H,1-4H3. The number of esters is 4. The molecule has 0 spiro atoms. The Morgan fingerprint density at radius 2 is 0.633 bits per heavy atom. The van der Waals surface area contributed by atoms with Gasteiger partial charge >= 0.3 is 23.9 Å². The van der Waals surface area contributed by atoms with Crippen LogP contribution in [0.4, 0.5) is 0 Å². The molecule has 0 N–H and O–H groups in total. The molecule has 9 heteroatoms. The lowest BCUT2D eigenvalue weighted by atomic mass is 9.95. The van der Waals surface area contributed by atoms with E-state index in [1.807, 2.05) is 0 Å². The summed E-state index contributed by atoms with van der Waals surface area (Å²) in [5, 5.41) is 0. The van der Waals surface area contributed by atoms with E-state index in [1.54, 1.807) is 0 Å². The van der Waals surface area contributed by atoms with Crippen LogP contribution in [-0.2, 0) is 18.9 Å². The quantitative estimate of drug-likeness (QED) is 0.397. The molecular formula is C21H18O9. The molecule has 30 heavy (non-hydrogen) atoms. The smallest absolute Gasteiger partial charge is 0.337 e. The molecule has 2 aromatic rings. The number of rotatable bonds is 6. The molecule has 0 aliphatic heterocycles. The van der Waals surface area contributed by atoms with Gasteiger partial charge < -0.3 is 18.9 Å². The third kappa shape index (κ3) is 4.69. The summed E-state index contributed by atoms with van der Waals surface area (Å²) >= 11 is 0. The van der Waals surface area contributed by atoms with E-state index in [4.69, 9.17) is 0 Å². The number of benzene rings is 2. The van der Waals surface area contributed by atoms with E-state index >= 15 is 0 Å². The van der Waals surface area contributed by atoms with E-state index in [0.717, 1.165) is 28.4 Å². The zero-order chi connectivity index (χ0) is 22.4. The van der Waals surface area contributed by atoms with Gasteiger partial charge in [-0.15, -0.1) is 0 Å². The maximum absolute atomic E-state index is 13.1. The molecule has 2 aromatic carbocycles. The van der Waals surface area contributed by atoms with Crippen molar-refractivity contribution in [3.05, 3.63) is 69.8 Å². The fourth-order valence-corrected chi connectivity index (χ4v) is 2.63. The molecule has 0 radical (unpaired) electrons. The van der Waals surface area contributed by atoms with E-state index in [-0.39, 0.29) is 33.4 Å². The minimum atomic E-state index is -0.770. The monoisotopic (exact) mass is 414 g/mol. The SMILES string of the molecule is COC(=O)c1cc(C(=O)OC)cc(C(=O)c2cc(C(=O)OC)cc(C(=O)OC)c2)c1. The van der Waals surface area contributed by atoms with Crippen LogP contribution in [0, 0.1) is 0 Å². The van der Waals surface area contributed by atoms with Crippen molar-refractivity contribution in [3.8, 4) is 0 Å². The molecule has 9 nitrogen and oxygen atoms in total. The molecule has 0 aliphatic rings. The number of carbonyl (C=O) groups is 5. The van der Waals surface area contributed by atoms with Gasteiger partial charge in [-0.05, 0) is 36.4 Å². The fraction of sp³-hybridized carbons (Fsp3) is 0.190. The molecule has 0 saturated heterocycles. The lowest BCUT2D eigenvalue weighted by Crippen LogP contribution is -2.13. The second kappa shape index (κ2) is 9.46. The Labute approximate surface area is 171 Å². The zero-order valence-corrected chi connectivity index (χ0v) is 16.6. The van der Waals surface area contributed by atoms with Crippen LogP contribution in [0.3, 0.4) is 0 Å². The van der Waals surface area contributed by atoms with Gasteiger partial charge in [0.1, 0.15) is 0 Å². The van der Waals surface area contributed by atoms with Crippen molar-refractivity contribution in [1.82, 2.24) is 0 Å². The van der Waals surface area contributed by atoms with Gasteiger partial charge in [0.25, 0.3) is 0 Å². The minimum absolute atomic E-state index is 0.0546. The highest BCUT2D eigenvalue weighted by Crippen LogP contribution is 2.20. The first kappa shape index (κ1) is 22.3. The first-order valence-corrected chi connectivity index (χ1v) is 8.43. The molecule has 0 atom stereocenters. The maximum atomic E-state index is 13.1. The third-order valence-corrected chi connectivity index (χ3v) is 4.07. The summed E-state index contributed by atoms with van der Waals surface area (Å²) in [6, 6.07) is 7.34. The van der Waals surface area contributed by atoms with Gasteiger partial charge in [0.15, 0.2) is 5.78 Å². The van der Waals surface area contributed by atoms with Gasteiger partial charge in [-0.1, -0.05) is 0 Å². The number of methoxy groups -OCH3 is 4. The number of hydrogen-bond acceptors (Lipinski definition) is 9. The zero-order valence-electron chi connectivity index (χ0n) is 16.6. The van der Waals surface area contributed by atoms with Crippen LogP contribution in [0.15, 0.2) is 36.4 Å². The third-order valence-electron chi connectivity index (χ3n) is 4.07. The first-order chi connectivity index (χ1) is 14.2. The molecule has 2 rings (SSSR count). The van der Waals surface area contributed by atoms with Crippen LogP contribution in [-0.4, -0.2) is 58.1 Å². The summed E-state index contributed by atoms with van der Waals surface area (Å²) < 4.78 is 18.6. The Morgan fingerprint density at radius 1 is 0.433 bits per heavy atom. The highest BCUT2D eigenvalue weighted by Gasteiger charge is 2.21. The molecule has 0 fully saturated rings. The number of ether oxygens (including phenoxy) is 4. The fourth-order valence-electron chi connectivity index (χ4n) is 2.63. The van der Waals surface area contributed by atoms with Crippen molar-refractivity contribution in [2.24, 2.45) is 0 Å². The maximum Gasteiger partial charge on any atom is 0.337 e. The normalized spacial score (nSPS) is 10.0. The molecule has 0 saturated carbocycles. The van der Waals surface area contributed by atoms with Crippen LogP contribution >= 0.6 is 0 Å². The Morgan fingerprint density at radius 3 is 0.833 bits per heavy atom. The van der Waals surface area contributed by atoms with Crippen molar-refractivity contribution in [3.63, 3.8) is 0 Å². The molecule has 156 valence electrons. The highest BCUT2D eigenvalue weighted by atomic mass is 16.5. The topological polar surface area (TPSA) is 122 Å². The van der Waals surface area contributed by atoms with Crippen LogP contribution in [0.5, 0.6) is 0 Å². The van der Waals surface area contributed by atoms with Gasteiger partial charge in [0, 0.05) is 11.1 Å². The predicted octanol–water partition coefficient (Wildman–Crippen LogP) is 2.06. The van der Waals surface area contributed by atoms with E-state index in [9.17, 15) is 24.0 Å². The molecular weight excluding hydrogens is 396 g/mol. The predicted molar refractivity (Wildman–Crippen MR) is 102 cm³/mol. The second-order valence-corrected chi connectivity index (χ2v) is 5.89. The molecule has 0 aromatic heterocycles. The summed E-state index contributed by atoms with van der Waals surface area (Å²) in [6.07, 6.45) is 0. The number of hydrogen-bond donors (Lipinski definition) is 0. The van der Waals surface area contributed by atoms with Crippen molar-refractivity contribution < 1.29 is 42.9 Å². The van der Waals surface area contributed by atoms with Gasteiger partial charge in [-0.25, -0.2) is 19.2 Å². The van der Waals surface area contributed by atoms with Gasteiger partial charge in [0.2, 0.25) is 0 Å². The number of carbonyl (C=O) groups excluding carboxylic acids is 5. The van der Waals surface area contributed by atoms with E-state index in [1.165, 1.54) is 36.4 Å². The van der Waals surface area contributed by atoms with Crippen molar-refractivity contribution in [2.45, 2.75) is 0 Å². The summed E-state index contributed by atoms with van der Waals surface area (Å²) in [5.74, 6) is -3.75. The highest BCUT2D eigenvalue weighted by molar-refractivity contribution is 6.13. The van der Waals surface area contributed by atoms with Crippen LogP contribution in [0.25, 0.3) is 0 Å². The van der Waals surface area contributed by atoms with Crippen molar-refractivity contribution in [2.75, 3.05) is 28.4 Å². The second-order valence-electron chi connectivity index (χ2n) is 5.89. The molecule has 0 bridgehead atoms. The minimum Gasteiger partial charge on any atom is -0.465 e. The average Bonchev–Trinajstić information content (AvgIpc) is 2.80. The lowest BCUT2D eigenvalue weighted by molar-refractivity contribution is 0.0581. The largest absolute Gasteiger partial charge is 0.465 e. The Balaban J connectivity index is 2.66. The van der Waals surface area contributed by atoms with Gasteiger partial charge in [-0.3, -0.25) is 4.79 Å². The summed E-state index contributed by atoms with van der Waals surface area (Å²) in [5.41, 5.74) is -0.337. The average molecular weight is 414 g/mol. The van der Waals surface area contributed by atoms with Crippen molar-refractivity contribution in [1.29, 1.82) is 0 Å². The van der Waals surface area contributed by atoms with E-state index in [0.29, 0.717) is 0 Å². The van der Waals surface area contributed by atoms with Crippen LogP contribution < -0.4 is 0 Å². The molecule has 0 unspecified atom stereocenters. The van der Waals surface area contributed by atoms with E-state index < -0.39 is 29.7 Å². The van der Waals surface area contributed by atoms with Crippen LogP contribution in [0.1, 0.15) is 57.4 Å². The molecule has 0 amide bonds.